The van der Waals surface area contributed by atoms with Gasteiger partial charge in [-0.05, 0) is 41.4 Å². The molecule has 1 aromatic carbocycles. The summed E-state index contributed by atoms with van der Waals surface area (Å²) < 4.78 is 38.1. The minimum atomic E-state index is -4.20. The Kier molecular flexibility index (Phi) is 5.04. The van der Waals surface area contributed by atoms with Crippen molar-refractivity contribution in [2.24, 2.45) is 0 Å². The fraction of sp³-hybridized carbons (Fsp3) is 0.500. The quantitative estimate of drug-likeness (QED) is 0.853. The third-order valence-corrected chi connectivity index (χ3v) is 3.56. The van der Waals surface area contributed by atoms with E-state index >= 15 is 0 Å². The normalized spacial score (nSPS) is 12.4. The van der Waals surface area contributed by atoms with Crippen molar-refractivity contribution in [1.29, 1.82) is 0 Å². The van der Waals surface area contributed by atoms with Crippen molar-refractivity contribution >= 4 is 21.6 Å². The number of halogens is 4. The molecule has 2 N–H and O–H groups in total. The molecule has 0 heterocycles. The molecule has 1 rings (SSSR count). The third-order valence-electron chi connectivity index (χ3n) is 2.59. The number of nitrogen functional groups attached to an aromatic ring is 1. The number of nitrogens with two attached hydrogens (primary N) is 1. The molecule has 0 atom stereocenters. The SMILES string of the molecule is CC(C)N(Cc1cccc(N)c1Br)CC(F)(F)F. The van der Waals surface area contributed by atoms with Gasteiger partial charge in [-0.25, -0.2) is 0 Å². The van der Waals surface area contributed by atoms with Gasteiger partial charge in [0, 0.05) is 22.7 Å². The molecule has 0 aliphatic heterocycles. The summed E-state index contributed by atoms with van der Waals surface area (Å²) in [5, 5.41) is 0. The predicted octanol–water partition coefficient (Wildman–Crippen LogP) is 3.80. The minimum Gasteiger partial charge on any atom is -0.398 e. The number of hydrogen-bond acceptors (Lipinski definition) is 2. The molecule has 102 valence electrons. The van der Waals surface area contributed by atoms with Crippen molar-refractivity contribution in [3.8, 4) is 0 Å². The van der Waals surface area contributed by atoms with Crippen molar-refractivity contribution < 1.29 is 13.2 Å². The molecule has 0 aliphatic rings. The van der Waals surface area contributed by atoms with Gasteiger partial charge in [0.1, 0.15) is 0 Å². The van der Waals surface area contributed by atoms with Gasteiger partial charge < -0.3 is 5.73 Å². The van der Waals surface area contributed by atoms with E-state index in [9.17, 15) is 13.2 Å². The Morgan fingerprint density at radius 2 is 1.94 bits per heavy atom. The molecule has 2 nitrogen and oxygen atoms in total. The molecule has 18 heavy (non-hydrogen) atoms. The maximum absolute atomic E-state index is 12.5. The summed E-state index contributed by atoms with van der Waals surface area (Å²) >= 11 is 3.30. The molecule has 0 amide bonds. The van der Waals surface area contributed by atoms with Gasteiger partial charge in [-0.1, -0.05) is 12.1 Å². The van der Waals surface area contributed by atoms with Gasteiger partial charge in [0.25, 0.3) is 0 Å². The molecule has 0 unspecified atom stereocenters. The van der Waals surface area contributed by atoms with Crippen LogP contribution in [0.2, 0.25) is 0 Å². The molecule has 0 saturated heterocycles. The van der Waals surface area contributed by atoms with Gasteiger partial charge in [0.15, 0.2) is 0 Å². The fourth-order valence-electron chi connectivity index (χ4n) is 1.59. The van der Waals surface area contributed by atoms with Crippen LogP contribution in [0.3, 0.4) is 0 Å². The summed E-state index contributed by atoms with van der Waals surface area (Å²) in [7, 11) is 0. The van der Waals surface area contributed by atoms with Crippen LogP contribution in [0.5, 0.6) is 0 Å². The van der Waals surface area contributed by atoms with E-state index in [1.807, 2.05) is 0 Å². The highest BCUT2D eigenvalue weighted by Gasteiger charge is 2.31. The molecule has 0 fully saturated rings. The second kappa shape index (κ2) is 5.93. The summed E-state index contributed by atoms with van der Waals surface area (Å²) in [5.74, 6) is 0. The van der Waals surface area contributed by atoms with E-state index in [2.05, 4.69) is 15.9 Å². The largest absolute Gasteiger partial charge is 0.401 e. The lowest BCUT2D eigenvalue weighted by Crippen LogP contribution is -2.38. The monoisotopic (exact) mass is 324 g/mol. The van der Waals surface area contributed by atoms with Crippen LogP contribution < -0.4 is 5.73 Å². The van der Waals surface area contributed by atoms with E-state index in [-0.39, 0.29) is 12.6 Å². The molecule has 0 saturated carbocycles. The predicted molar refractivity (Wildman–Crippen MR) is 70.2 cm³/mol. The van der Waals surface area contributed by atoms with Crippen molar-refractivity contribution in [1.82, 2.24) is 4.90 Å². The van der Waals surface area contributed by atoms with Gasteiger partial charge in [-0.2, -0.15) is 13.2 Å². The summed E-state index contributed by atoms with van der Waals surface area (Å²) in [5.41, 5.74) is 7.00. The molecule has 0 aromatic heterocycles. The van der Waals surface area contributed by atoms with Crippen LogP contribution >= 0.6 is 15.9 Å². The molecule has 6 heteroatoms. The van der Waals surface area contributed by atoms with Crippen molar-refractivity contribution in [3.63, 3.8) is 0 Å². The summed E-state index contributed by atoms with van der Waals surface area (Å²) in [6.45, 7) is 2.77. The summed E-state index contributed by atoms with van der Waals surface area (Å²) in [4.78, 5) is 1.36. The standard InChI is InChI=1S/C12H16BrF3N2/c1-8(2)18(7-12(14,15)16)6-9-4-3-5-10(17)11(9)13/h3-5,8H,6-7,17H2,1-2H3. The smallest absolute Gasteiger partial charge is 0.398 e. The Balaban J connectivity index is 2.87. The number of hydrogen-bond donors (Lipinski definition) is 1. The highest BCUT2D eigenvalue weighted by atomic mass is 79.9. The Labute approximate surface area is 113 Å². The number of benzene rings is 1. The van der Waals surface area contributed by atoms with Crippen LogP contribution in [-0.2, 0) is 6.54 Å². The van der Waals surface area contributed by atoms with Crippen LogP contribution in [0.25, 0.3) is 0 Å². The van der Waals surface area contributed by atoms with Gasteiger partial charge in [-0.15, -0.1) is 0 Å². The highest BCUT2D eigenvalue weighted by Crippen LogP contribution is 2.27. The highest BCUT2D eigenvalue weighted by molar-refractivity contribution is 9.10. The first kappa shape index (κ1) is 15.3. The minimum absolute atomic E-state index is 0.194. The zero-order valence-electron chi connectivity index (χ0n) is 10.3. The van der Waals surface area contributed by atoms with Gasteiger partial charge in [-0.3, -0.25) is 4.90 Å². The lowest BCUT2D eigenvalue weighted by Gasteiger charge is -2.28. The van der Waals surface area contributed by atoms with E-state index < -0.39 is 12.7 Å². The zero-order valence-corrected chi connectivity index (χ0v) is 11.8. The summed E-state index contributed by atoms with van der Waals surface area (Å²) in [6, 6.07) is 5.02. The van der Waals surface area contributed by atoms with Crippen LogP contribution in [0.15, 0.2) is 22.7 Å². The maximum Gasteiger partial charge on any atom is 0.401 e. The average molecular weight is 325 g/mol. The lowest BCUT2D eigenvalue weighted by atomic mass is 10.1. The first-order chi connectivity index (χ1) is 8.20. The number of alkyl halides is 3. The van der Waals surface area contributed by atoms with E-state index in [4.69, 9.17) is 5.73 Å². The maximum atomic E-state index is 12.5. The Morgan fingerprint density at radius 1 is 1.33 bits per heavy atom. The fourth-order valence-corrected chi connectivity index (χ4v) is 1.98. The topological polar surface area (TPSA) is 29.3 Å². The van der Waals surface area contributed by atoms with E-state index in [1.165, 1.54) is 4.90 Å². The Bertz CT molecular complexity index is 405. The van der Waals surface area contributed by atoms with Crippen LogP contribution in [0.1, 0.15) is 19.4 Å². The molecule has 0 radical (unpaired) electrons. The van der Waals surface area contributed by atoms with Crippen molar-refractivity contribution in [2.75, 3.05) is 12.3 Å². The zero-order chi connectivity index (χ0) is 13.9. The van der Waals surface area contributed by atoms with E-state index in [0.717, 1.165) is 5.56 Å². The number of nitrogens with zero attached hydrogens (tertiary/aromatic N) is 1. The first-order valence-corrected chi connectivity index (χ1v) is 6.33. The van der Waals surface area contributed by atoms with Gasteiger partial charge >= 0.3 is 6.18 Å². The molecule has 0 bridgehead atoms. The second-order valence-corrected chi connectivity index (χ2v) is 5.23. The van der Waals surface area contributed by atoms with Crippen molar-refractivity contribution in [2.45, 2.75) is 32.6 Å². The first-order valence-electron chi connectivity index (χ1n) is 5.54. The van der Waals surface area contributed by atoms with Crippen LogP contribution in [0, 0.1) is 0 Å². The third kappa shape index (κ3) is 4.49. The molecule has 1 aromatic rings. The average Bonchev–Trinajstić information content (AvgIpc) is 2.21. The van der Waals surface area contributed by atoms with Crippen molar-refractivity contribution in [3.05, 3.63) is 28.2 Å². The lowest BCUT2D eigenvalue weighted by molar-refractivity contribution is -0.150. The van der Waals surface area contributed by atoms with Gasteiger partial charge in [0.2, 0.25) is 0 Å². The second-order valence-electron chi connectivity index (χ2n) is 4.43. The summed E-state index contributed by atoms with van der Waals surface area (Å²) in [6.07, 6.45) is -4.20. The van der Waals surface area contributed by atoms with Gasteiger partial charge in [0.05, 0.1) is 6.54 Å². The number of anilines is 1. The van der Waals surface area contributed by atoms with E-state index in [0.29, 0.717) is 10.2 Å². The van der Waals surface area contributed by atoms with Crippen LogP contribution in [-0.4, -0.2) is 23.7 Å². The molecule has 0 spiro atoms. The molecule has 0 aliphatic carbocycles. The number of rotatable bonds is 4. The Morgan fingerprint density at radius 3 is 2.44 bits per heavy atom. The molecular formula is C12H16BrF3N2. The van der Waals surface area contributed by atoms with E-state index in [1.54, 1.807) is 32.0 Å². The molecular weight excluding hydrogens is 309 g/mol. The Hall–Kier alpha value is -0.750. The van der Waals surface area contributed by atoms with Crippen LogP contribution in [0.4, 0.5) is 18.9 Å².